The Hall–Kier alpha value is -1.45. The highest BCUT2D eigenvalue weighted by Crippen LogP contribution is 2.31. The van der Waals surface area contributed by atoms with E-state index in [1.807, 2.05) is 6.92 Å². The van der Waals surface area contributed by atoms with Gasteiger partial charge in [-0.25, -0.2) is 4.68 Å². The van der Waals surface area contributed by atoms with E-state index in [0.717, 1.165) is 24.6 Å². The molecule has 0 fully saturated rings. The van der Waals surface area contributed by atoms with Crippen LogP contribution in [0.2, 0.25) is 0 Å². The van der Waals surface area contributed by atoms with Crippen LogP contribution in [0.5, 0.6) is 0 Å². The fraction of sp³-hybridized carbons (Fsp3) is 0.700. The number of unbranched alkanes of at least 4 members (excludes halogenated alkanes) is 1. The van der Waals surface area contributed by atoms with Gasteiger partial charge in [0.25, 0.3) is 5.82 Å². The Morgan fingerprint density at radius 1 is 1.50 bits per heavy atom. The number of nitrogens with zero attached hydrogens (tertiary/aromatic N) is 3. The van der Waals surface area contributed by atoms with E-state index < -0.39 is 23.2 Å². The van der Waals surface area contributed by atoms with Crippen molar-refractivity contribution in [3.05, 3.63) is 5.82 Å². The van der Waals surface area contributed by atoms with Crippen LogP contribution in [0.1, 0.15) is 32.0 Å². The third-order valence-corrected chi connectivity index (χ3v) is 3.65. The summed E-state index contributed by atoms with van der Waals surface area (Å²) in [4.78, 5) is 11.6. The molecule has 1 aromatic heterocycles. The van der Waals surface area contributed by atoms with Gasteiger partial charge in [-0.05, 0) is 6.42 Å². The SMILES string of the molecule is CCCC[C@@H](Sc1nnc(C(F)(F)F)n1N)C(=O)OC. The number of rotatable bonds is 6. The first-order valence-corrected chi connectivity index (χ1v) is 6.71. The molecule has 0 bridgehead atoms. The van der Waals surface area contributed by atoms with Gasteiger partial charge in [0, 0.05) is 0 Å². The van der Waals surface area contributed by atoms with Gasteiger partial charge in [0.05, 0.1) is 7.11 Å². The van der Waals surface area contributed by atoms with Crippen molar-refractivity contribution in [2.45, 2.75) is 42.8 Å². The van der Waals surface area contributed by atoms with Crippen LogP contribution < -0.4 is 5.84 Å². The van der Waals surface area contributed by atoms with Crippen LogP contribution in [0.3, 0.4) is 0 Å². The number of alkyl halides is 3. The Morgan fingerprint density at radius 3 is 2.60 bits per heavy atom. The van der Waals surface area contributed by atoms with Gasteiger partial charge >= 0.3 is 12.1 Å². The summed E-state index contributed by atoms with van der Waals surface area (Å²) in [6.45, 7) is 1.94. The maximum absolute atomic E-state index is 12.5. The molecule has 10 heteroatoms. The molecule has 1 rings (SSSR count). The van der Waals surface area contributed by atoms with Gasteiger partial charge in [-0.1, -0.05) is 31.5 Å². The van der Waals surface area contributed by atoms with Crippen LogP contribution in [0.15, 0.2) is 5.16 Å². The molecule has 0 radical (unpaired) electrons. The molecule has 0 saturated heterocycles. The average Bonchev–Trinajstić information content (AvgIpc) is 2.74. The first-order valence-electron chi connectivity index (χ1n) is 5.83. The Bertz CT molecular complexity index is 464. The number of thioether (sulfide) groups is 1. The van der Waals surface area contributed by atoms with E-state index in [1.54, 1.807) is 0 Å². The minimum absolute atomic E-state index is 0.177. The van der Waals surface area contributed by atoms with E-state index in [1.165, 1.54) is 7.11 Å². The summed E-state index contributed by atoms with van der Waals surface area (Å²) >= 11 is 0.815. The minimum atomic E-state index is -4.69. The summed E-state index contributed by atoms with van der Waals surface area (Å²) in [5.41, 5.74) is 0. The molecule has 20 heavy (non-hydrogen) atoms. The molecule has 6 nitrogen and oxygen atoms in total. The number of hydrogen-bond acceptors (Lipinski definition) is 6. The minimum Gasteiger partial charge on any atom is -0.468 e. The molecule has 0 amide bonds. The maximum Gasteiger partial charge on any atom is 0.453 e. The number of nitrogen functional groups attached to an aromatic ring is 1. The lowest BCUT2D eigenvalue weighted by Gasteiger charge is -2.13. The molecule has 114 valence electrons. The van der Waals surface area contributed by atoms with E-state index in [-0.39, 0.29) is 5.16 Å². The molecule has 1 heterocycles. The Labute approximate surface area is 117 Å². The molecule has 0 aromatic carbocycles. The van der Waals surface area contributed by atoms with E-state index >= 15 is 0 Å². The lowest BCUT2D eigenvalue weighted by atomic mass is 10.2. The Balaban J connectivity index is 2.89. The number of carbonyl (C=O) groups is 1. The summed E-state index contributed by atoms with van der Waals surface area (Å²) in [6, 6.07) is 0. The summed E-state index contributed by atoms with van der Waals surface area (Å²) in [6.07, 6.45) is -2.65. The van der Waals surface area contributed by atoms with E-state index in [2.05, 4.69) is 14.9 Å². The van der Waals surface area contributed by atoms with Crippen LogP contribution in [0.25, 0.3) is 0 Å². The van der Waals surface area contributed by atoms with Crippen molar-refractivity contribution in [1.82, 2.24) is 14.9 Å². The monoisotopic (exact) mass is 312 g/mol. The molecule has 0 saturated carbocycles. The molecule has 0 spiro atoms. The van der Waals surface area contributed by atoms with E-state index in [0.29, 0.717) is 11.1 Å². The summed E-state index contributed by atoms with van der Waals surface area (Å²) < 4.78 is 42.5. The first-order chi connectivity index (χ1) is 9.31. The third kappa shape index (κ3) is 4.02. The molecule has 1 atom stereocenters. The largest absolute Gasteiger partial charge is 0.468 e. The van der Waals surface area contributed by atoms with Crippen molar-refractivity contribution in [2.24, 2.45) is 0 Å². The zero-order valence-electron chi connectivity index (χ0n) is 11.0. The fourth-order valence-electron chi connectivity index (χ4n) is 1.42. The maximum atomic E-state index is 12.5. The van der Waals surface area contributed by atoms with Gasteiger partial charge in [-0.15, -0.1) is 10.2 Å². The van der Waals surface area contributed by atoms with Gasteiger partial charge in [0.1, 0.15) is 5.25 Å². The number of carbonyl (C=O) groups excluding carboxylic acids is 1. The van der Waals surface area contributed by atoms with Crippen molar-refractivity contribution >= 4 is 17.7 Å². The molecule has 0 aliphatic rings. The Morgan fingerprint density at radius 2 is 2.15 bits per heavy atom. The molecule has 1 aromatic rings. The zero-order valence-corrected chi connectivity index (χ0v) is 11.8. The first kappa shape index (κ1) is 16.6. The molecule has 2 N–H and O–H groups in total. The number of esters is 1. The van der Waals surface area contributed by atoms with Crippen molar-refractivity contribution in [1.29, 1.82) is 0 Å². The number of nitrogens with two attached hydrogens (primary N) is 1. The molecular weight excluding hydrogens is 297 g/mol. The second-order valence-electron chi connectivity index (χ2n) is 3.95. The predicted octanol–water partition coefficient (Wildman–Crippen LogP) is 1.83. The van der Waals surface area contributed by atoms with Gasteiger partial charge < -0.3 is 10.6 Å². The molecular formula is C10H15F3N4O2S. The standard InChI is InChI=1S/C10H15F3N4O2S/c1-3-4-5-6(7(18)19-2)20-9-16-15-8(17(9)14)10(11,12)13/h6H,3-5,14H2,1-2H3/t6-/m1/s1. The van der Waals surface area contributed by atoms with Crippen LogP contribution >= 0.6 is 11.8 Å². The number of halogens is 3. The van der Waals surface area contributed by atoms with Crippen LogP contribution in [-0.4, -0.2) is 33.2 Å². The quantitative estimate of drug-likeness (QED) is 0.490. The highest BCUT2D eigenvalue weighted by Gasteiger charge is 2.38. The van der Waals surface area contributed by atoms with Gasteiger partial charge in [0.15, 0.2) is 0 Å². The van der Waals surface area contributed by atoms with Crippen LogP contribution in [0, 0.1) is 0 Å². The average molecular weight is 312 g/mol. The Kier molecular flexibility index (Phi) is 5.66. The van der Waals surface area contributed by atoms with Crippen molar-refractivity contribution in [2.75, 3.05) is 13.0 Å². The summed E-state index contributed by atoms with van der Waals surface area (Å²) in [5, 5.41) is 5.53. The van der Waals surface area contributed by atoms with Gasteiger partial charge in [0.2, 0.25) is 5.16 Å². The van der Waals surface area contributed by atoms with E-state index in [4.69, 9.17) is 5.84 Å². The number of methoxy groups -OCH3 is 1. The summed E-state index contributed by atoms with van der Waals surface area (Å²) in [7, 11) is 1.22. The second-order valence-corrected chi connectivity index (χ2v) is 5.12. The predicted molar refractivity (Wildman–Crippen MR) is 66.4 cm³/mol. The van der Waals surface area contributed by atoms with Gasteiger partial charge in [-0.2, -0.15) is 13.2 Å². The fourth-order valence-corrected chi connectivity index (χ4v) is 2.44. The molecule has 0 aliphatic heterocycles. The van der Waals surface area contributed by atoms with Crippen LogP contribution in [0.4, 0.5) is 13.2 Å². The van der Waals surface area contributed by atoms with Crippen molar-refractivity contribution in [3.63, 3.8) is 0 Å². The lowest BCUT2D eigenvalue weighted by molar-refractivity contribution is -0.146. The highest BCUT2D eigenvalue weighted by molar-refractivity contribution is 8.00. The highest BCUT2D eigenvalue weighted by atomic mass is 32.2. The lowest BCUT2D eigenvalue weighted by Crippen LogP contribution is -2.23. The van der Waals surface area contributed by atoms with Crippen molar-refractivity contribution in [3.8, 4) is 0 Å². The third-order valence-electron chi connectivity index (χ3n) is 2.45. The number of ether oxygens (including phenoxy) is 1. The van der Waals surface area contributed by atoms with Crippen LogP contribution in [-0.2, 0) is 15.7 Å². The topological polar surface area (TPSA) is 83.0 Å². The van der Waals surface area contributed by atoms with Crippen molar-refractivity contribution < 1.29 is 22.7 Å². The normalized spacial score (nSPS) is 13.2. The molecule has 0 aliphatic carbocycles. The molecule has 0 unspecified atom stereocenters. The second kappa shape index (κ2) is 6.82. The van der Waals surface area contributed by atoms with Gasteiger partial charge in [-0.3, -0.25) is 4.79 Å². The van der Waals surface area contributed by atoms with E-state index in [9.17, 15) is 18.0 Å². The number of hydrogen-bond donors (Lipinski definition) is 1. The smallest absolute Gasteiger partial charge is 0.453 e. The number of aromatic nitrogens is 3. The zero-order chi connectivity index (χ0) is 15.3. The summed E-state index contributed by atoms with van der Waals surface area (Å²) in [5.74, 6) is 3.47.